The van der Waals surface area contributed by atoms with E-state index in [4.69, 9.17) is 0 Å². The first-order valence-electron chi connectivity index (χ1n) is 8.21. The van der Waals surface area contributed by atoms with Crippen molar-refractivity contribution in [2.45, 2.75) is 39.0 Å². The molecule has 1 saturated carbocycles. The van der Waals surface area contributed by atoms with Gasteiger partial charge in [-0.05, 0) is 56.3 Å². The maximum Gasteiger partial charge on any atom is 0.251 e. The van der Waals surface area contributed by atoms with Crippen molar-refractivity contribution in [2.75, 3.05) is 20.1 Å². The van der Waals surface area contributed by atoms with Gasteiger partial charge in [-0.3, -0.25) is 4.79 Å². The summed E-state index contributed by atoms with van der Waals surface area (Å²) in [4.78, 5) is 12.4. The zero-order chi connectivity index (χ0) is 15.1. The molecule has 2 rings (SSSR count). The molecule has 1 aromatic rings. The number of hydrogen-bond acceptors (Lipinski definition) is 2. The van der Waals surface area contributed by atoms with E-state index >= 15 is 0 Å². The average Bonchev–Trinajstić information content (AvgIpc) is 2.51. The van der Waals surface area contributed by atoms with Crippen LogP contribution in [0.1, 0.15) is 48.5 Å². The third-order valence-electron chi connectivity index (χ3n) is 4.50. The molecular formula is C18H28N2O. The van der Waals surface area contributed by atoms with Crippen LogP contribution in [0.4, 0.5) is 0 Å². The lowest BCUT2D eigenvalue weighted by atomic mass is 9.82. The van der Waals surface area contributed by atoms with Gasteiger partial charge in [-0.15, -0.1) is 0 Å². The van der Waals surface area contributed by atoms with E-state index in [0.29, 0.717) is 5.92 Å². The maximum atomic E-state index is 12.4. The second kappa shape index (κ2) is 8.18. The Morgan fingerprint density at radius 1 is 1.29 bits per heavy atom. The molecule has 2 N–H and O–H groups in total. The average molecular weight is 288 g/mol. The molecule has 0 spiro atoms. The van der Waals surface area contributed by atoms with E-state index in [1.807, 2.05) is 25.2 Å². The second-order valence-corrected chi connectivity index (χ2v) is 6.36. The predicted molar refractivity (Wildman–Crippen MR) is 87.5 cm³/mol. The van der Waals surface area contributed by atoms with Crippen LogP contribution in [0, 0.1) is 11.8 Å². The van der Waals surface area contributed by atoms with Gasteiger partial charge in [0.05, 0.1) is 0 Å². The summed E-state index contributed by atoms with van der Waals surface area (Å²) in [5, 5.41) is 6.29. The highest BCUT2D eigenvalue weighted by molar-refractivity contribution is 5.95. The number of carbonyl (C=O) groups is 1. The Kier molecular flexibility index (Phi) is 6.24. The molecule has 0 saturated heterocycles. The van der Waals surface area contributed by atoms with Crippen molar-refractivity contribution in [3.8, 4) is 0 Å². The van der Waals surface area contributed by atoms with Gasteiger partial charge in [0.1, 0.15) is 0 Å². The highest BCUT2D eigenvalue weighted by Gasteiger charge is 2.20. The first-order chi connectivity index (χ1) is 10.2. The Labute approximate surface area is 128 Å². The van der Waals surface area contributed by atoms with Crippen LogP contribution in [0.15, 0.2) is 24.3 Å². The van der Waals surface area contributed by atoms with Crippen molar-refractivity contribution in [1.82, 2.24) is 10.6 Å². The first kappa shape index (κ1) is 16.0. The van der Waals surface area contributed by atoms with Crippen LogP contribution in [0.25, 0.3) is 0 Å². The van der Waals surface area contributed by atoms with Gasteiger partial charge < -0.3 is 10.6 Å². The van der Waals surface area contributed by atoms with Crippen molar-refractivity contribution in [3.05, 3.63) is 35.4 Å². The smallest absolute Gasteiger partial charge is 0.251 e. The van der Waals surface area contributed by atoms with E-state index in [2.05, 4.69) is 23.6 Å². The van der Waals surface area contributed by atoms with Gasteiger partial charge in [0.2, 0.25) is 0 Å². The quantitative estimate of drug-likeness (QED) is 0.845. The van der Waals surface area contributed by atoms with Crippen LogP contribution in [0.3, 0.4) is 0 Å². The van der Waals surface area contributed by atoms with Gasteiger partial charge in [-0.25, -0.2) is 0 Å². The highest BCUT2D eigenvalue weighted by atomic mass is 16.1. The monoisotopic (exact) mass is 288 g/mol. The van der Waals surface area contributed by atoms with Crippen molar-refractivity contribution >= 4 is 5.91 Å². The molecule has 1 aliphatic rings. The summed E-state index contributed by atoms with van der Waals surface area (Å²) >= 11 is 0. The fraction of sp³-hybridized carbons (Fsp3) is 0.611. The molecule has 2 atom stereocenters. The van der Waals surface area contributed by atoms with Crippen molar-refractivity contribution in [1.29, 1.82) is 0 Å². The Hall–Kier alpha value is -1.35. The number of nitrogens with one attached hydrogen (secondary N) is 2. The molecule has 1 amide bonds. The van der Waals surface area contributed by atoms with Crippen molar-refractivity contribution in [2.24, 2.45) is 11.8 Å². The Morgan fingerprint density at radius 3 is 2.86 bits per heavy atom. The predicted octanol–water partition coefficient (Wildman–Crippen LogP) is 3.00. The van der Waals surface area contributed by atoms with Gasteiger partial charge in [-0.2, -0.15) is 0 Å². The molecule has 1 aliphatic carbocycles. The lowest BCUT2D eigenvalue weighted by Crippen LogP contribution is -2.32. The maximum absolute atomic E-state index is 12.4. The van der Waals surface area contributed by atoms with Crippen LogP contribution < -0.4 is 10.6 Å². The standard InChI is InChI=1S/C18H28N2O/c1-14-6-5-7-15(12-14)13-20-18(21)17-9-4-3-8-16(17)10-11-19-2/h3-4,8-9,14-15,19H,5-7,10-13H2,1-2H3,(H,20,21). The molecule has 0 aromatic heterocycles. The SMILES string of the molecule is CNCCc1ccccc1C(=O)NCC1CCCC(C)C1. The summed E-state index contributed by atoms with van der Waals surface area (Å²) in [7, 11) is 1.94. The Bertz CT molecular complexity index is 458. The number of hydrogen-bond donors (Lipinski definition) is 2. The molecule has 1 fully saturated rings. The molecule has 2 unspecified atom stereocenters. The van der Waals surface area contributed by atoms with Gasteiger partial charge in [-0.1, -0.05) is 38.0 Å². The van der Waals surface area contributed by atoms with E-state index in [1.165, 1.54) is 25.7 Å². The number of rotatable bonds is 6. The largest absolute Gasteiger partial charge is 0.352 e. The van der Waals surface area contributed by atoms with Gasteiger partial charge in [0.25, 0.3) is 5.91 Å². The van der Waals surface area contributed by atoms with Gasteiger partial charge in [0.15, 0.2) is 0 Å². The van der Waals surface area contributed by atoms with Gasteiger partial charge in [0, 0.05) is 12.1 Å². The third kappa shape index (κ3) is 4.85. The van der Waals surface area contributed by atoms with Gasteiger partial charge >= 0.3 is 0 Å². The molecular weight excluding hydrogens is 260 g/mol. The summed E-state index contributed by atoms with van der Waals surface area (Å²) in [5.74, 6) is 1.55. The molecule has 0 heterocycles. The summed E-state index contributed by atoms with van der Waals surface area (Å²) in [5.41, 5.74) is 1.96. The minimum Gasteiger partial charge on any atom is -0.352 e. The normalized spacial score (nSPS) is 22.0. The number of carbonyl (C=O) groups excluding carboxylic acids is 1. The van der Waals surface area contributed by atoms with E-state index in [1.54, 1.807) is 0 Å². The van der Waals surface area contributed by atoms with Crippen LogP contribution in [0.2, 0.25) is 0 Å². The summed E-state index contributed by atoms with van der Waals surface area (Å²) in [6, 6.07) is 7.93. The molecule has 3 nitrogen and oxygen atoms in total. The van der Waals surface area contributed by atoms with E-state index < -0.39 is 0 Å². The molecule has 3 heteroatoms. The summed E-state index contributed by atoms with van der Waals surface area (Å²) in [6.45, 7) is 4.04. The fourth-order valence-corrected chi connectivity index (χ4v) is 3.30. The van der Waals surface area contributed by atoms with Crippen LogP contribution >= 0.6 is 0 Å². The second-order valence-electron chi connectivity index (χ2n) is 6.36. The molecule has 1 aromatic carbocycles. The topological polar surface area (TPSA) is 41.1 Å². The van der Waals surface area contributed by atoms with Crippen molar-refractivity contribution in [3.63, 3.8) is 0 Å². The van der Waals surface area contributed by atoms with E-state index in [9.17, 15) is 4.79 Å². The van der Waals surface area contributed by atoms with Crippen LogP contribution in [-0.2, 0) is 6.42 Å². The molecule has 0 radical (unpaired) electrons. The van der Waals surface area contributed by atoms with E-state index in [-0.39, 0.29) is 5.91 Å². The number of likely N-dealkylation sites (N-methyl/N-ethyl adjacent to an activating group) is 1. The number of amides is 1. The molecule has 0 aliphatic heterocycles. The lowest BCUT2D eigenvalue weighted by Gasteiger charge is -2.26. The number of benzene rings is 1. The zero-order valence-electron chi connectivity index (χ0n) is 13.3. The minimum atomic E-state index is 0.0833. The summed E-state index contributed by atoms with van der Waals surface area (Å²) in [6.07, 6.45) is 6.05. The fourth-order valence-electron chi connectivity index (χ4n) is 3.30. The van der Waals surface area contributed by atoms with Crippen LogP contribution in [-0.4, -0.2) is 26.0 Å². The summed E-state index contributed by atoms with van der Waals surface area (Å²) < 4.78 is 0. The Morgan fingerprint density at radius 2 is 2.10 bits per heavy atom. The third-order valence-corrected chi connectivity index (χ3v) is 4.50. The minimum absolute atomic E-state index is 0.0833. The highest BCUT2D eigenvalue weighted by Crippen LogP contribution is 2.28. The first-order valence-corrected chi connectivity index (χ1v) is 8.21. The Balaban J connectivity index is 1.90. The zero-order valence-corrected chi connectivity index (χ0v) is 13.3. The van der Waals surface area contributed by atoms with E-state index in [0.717, 1.165) is 36.6 Å². The molecule has 0 bridgehead atoms. The van der Waals surface area contributed by atoms with Crippen molar-refractivity contribution < 1.29 is 4.79 Å². The van der Waals surface area contributed by atoms with Crippen LogP contribution in [0.5, 0.6) is 0 Å². The molecule has 21 heavy (non-hydrogen) atoms. The molecule has 116 valence electrons. The lowest BCUT2D eigenvalue weighted by molar-refractivity contribution is 0.0939.